The molecule has 1 aliphatic rings. The van der Waals surface area contributed by atoms with Gasteiger partial charge < -0.3 is 15.2 Å². The van der Waals surface area contributed by atoms with Crippen molar-refractivity contribution in [3.05, 3.63) is 46.9 Å². The van der Waals surface area contributed by atoms with E-state index in [9.17, 15) is 14.3 Å². The Bertz CT molecular complexity index is 1040. The number of hydrogen-bond acceptors (Lipinski definition) is 6. The van der Waals surface area contributed by atoms with E-state index in [1.807, 2.05) is 0 Å². The van der Waals surface area contributed by atoms with Crippen LogP contribution < -0.4 is 15.6 Å². The van der Waals surface area contributed by atoms with Gasteiger partial charge in [0, 0.05) is 6.07 Å². The van der Waals surface area contributed by atoms with Gasteiger partial charge in [0.2, 0.25) is 0 Å². The molecular weight excluding hydrogens is 353 g/mol. The average Bonchev–Trinajstić information content (AvgIpc) is 3.10. The second-order valence-electron chi connectivity index (χ2n) is 6.76. The van der Waals surface area contributed by atoms with Crippen molar-refractivity contribution in [1.82, 2.24) is 24.6 Å². The molecule has 1 fully saturated rings. The molecule has 9 heteroatoms. The maximum Gasteiger partial charge on any atom is 0.264 e. The third-order valence-electron chi connectivity index (χ3n) is 4.93. The zero-order valence-corrected chi connectivity index (χ0v) is 14.9. The van der Waals surface area contributed by atoms with Gasteiger partial charge in [-0.15, -0.1) is 0 Å². The summed E-state index contributed by atoms with van der Waals surface area (Å²) in [5.74, 6) is -0.402. The van der Waals surface area contributed by atoms with Gasteiger partial charge in [0.1, 0.15) is 11.7 Å². The summed E-state index contributed by atoms with van der Waals surface area (Å²) in [5, 5.41) is 18.4. The maximum atomic E-state index is 13.6. The van der Waals surface area contributed by atoms with E-state index >= 15 is 0 Å². The minimum atomic E-state index is -0.926. The van der Waals surface area contributed by atoms with Crippen LogP contribution in [0.4, 0.5) is 4.39 Å². The number of methoxy groups -OCH3 is 1. The third-order valence-corrected chi connectivity index (χ3v) is 4.93. The second kappa shape index (κ2) is 6.75. The number of aliphatic hydroxyl groups is 1. The molecular formula is C18H20FN5O3. The van der Waals surface area contributed by atoms with E-state index in [2.05, 4.69) is 15.4 Å². The average molecular weight is 373 g/mol. The number of nitrogens with one attached hydrogen (secondary N) is 1. The molecule has 0 amide bonds. The summed E-state index contributed by atoms with van der Waals surface area (Å²) in [6.45, 7) is 1.61. The summed E-state index contributed by atoms with van der Waals surface area (Å²) in [5.41, 5.74) is -0.301. The SMILES string of the molecule is COc1cc(-n2ncc3c(=O)n(CC4(O)CCNCC4)cnc32)ccc1F. The fourth-order valence-electron chi connectivity index (χ4n) is 3.40. The van der Waals surface area contributed by atoms with Crippen molar-refractivity contribution in [2.75, 3.05) is 20.2 Å². The van der Waals surface area contributed by atoms with E-state index in [-0.39, 0.29) is 17.9 Å². The normalized spacial score (nSPS) is 16.6. The molecule has 0 bridgehead atoms. The fourth-order valence-corrected chi connectivity index (χ4v) is 3.40. The van der Waals surface area contributed by atoms with Crippen LogP contribution in [0.15, 0.2) is 35.5 Å². The molecule has 8 nitrogen and oxygen atoms in total. The quantitative estimate of drug-likeness (QED) is 0.704. The summed E-state index contributed by atoms with van der Waals surface area (Å²) >= 11 is 0. The zero-order valence-electron chi connectivity index (χ0n) is 14.9. The molecule has 0 atom stereocenters. The van der Waals surface area contributed by atoms with Crippen LogP contribution in [0.1, 0.15) is 12.8 Å². The molecule has 1 saturated heterocycles. The largest absolute Gasteiger partial charge is 0.494 e. The van der Waals surface area contributed by atoms with Gasteiger partial charge in [-0.3, -0.25) is 9.36 Å². The Balaban J connectivity index is 1.73. The summed E-state index contributed by atoms with van der Waals surface area (Å²) in [4.78, 5) is 17.2. The van der Waals surface area contributed by atoms with Crippen LogP contribution in [0.2, 0.25) is 0 Å². The Labute approximate surface area is 154 Å². The summed E-state index contributed by atoms with van der Waals surface area (Å²) in [7, 11) is 1.38. The number of benzene rings is 1. The van der Waals surface area contributed by atoms with Crippen LogP contribution >= 0.6 is 0 Å². The number of nitrogens with zero attached hydrogens (tertiary/aromatic N) is 4. The number of halogens is 1. The van der Waals surface area contributed by atoms with Crippen molar-refractivity contribution >= 4 is 11.0 Å². The lowest BCUT2D eigenvalue weighted by molar-refractivity contribution is -0.00627. The molecule has 0 spiro atoms. The first-order chi connectivity index (χ1) is 13.0. The molecule has 0 unspecified atom stereocenters. The monoisotopic (exact) mass is 373 g/mol. The van der Waals surface area contributed by atoms with Gasteiger partial charge in [0.25, 0.3) is 5.56 Å². The number of hydrogen-bond donors (Lipinski definition) is 2. The van der Waals surface area contributed by atoms with Crippen molar-refractivity contribution in [2.45, 2.75) is 25.0 Å². The highest BCUT2D eigenvalue weighted by atomic mass is 19.1. The zero-order chi connectivity index (χ0) is 19.0. The number of rotatable bonds is 4. The Morgan fingerprint density at radius 1 is 1.37 bits per heavy atom. The molecule has 3 heterocycles. The van der Waals surface area contributed by atoms with Crippen LogP contribution in [-0.4, -0.2) is 50.2 Å². The minimum absolute atomic E-state index is 0.0811. The van der Waals surface area contributed by atoms with Crippen LogP contribution in [0.25, 0.3) is 16.7 Å². The van der Waals surface area contributed by atoms with E-state index < -0.39 is 11.4 Å². The molecule has 0 saturated carbocycles. The second-order valence-corrected chi connectivity index (χ2v) is 6.76. The molecule has 2 aromatic heterocycles. The van der Waals surface area contributed by atoms with Crippen molar-refractivity contribution in [1.29, 1.82) is 0 Å². The van der Waals surface area contributed by atoms with Crippen molar-refractivity contribution in [3.63, 3.8) is 0 Å². The topological polar surface area (TPSA) is 94.2 Å². The van der Waals surface area contributed by atoms with E-state index in [0.717, 1.165) is 0 Å². The highest BCUT2D eigenvalue weighted by Gasteiger charge is 2.30. The van der Waals surface area contributed by atoms with Gasteiger partial charge >= 0.3 is 0 Å². The highest BCUT2D eigenvalue weighted by Crippen LogP contribution is 2.23. The number of fused-ring (bicyclic) bond motifs is 1. The van der Waals surface area contributed by atoms with Gasteiger partial charge in [-0.05, 0) is 38.1 Å². The van der Waals surface area contributed by atoms with E-state index in [1.165, 1.54) is 47.1 Å². The maximum absolute atomic E-state index is 13.6. The first-order valence-electron chi connectivity index (χ1n) is 8.71. The Morgan fingerprint density at radius 3 is 2.89 bits per heavy atom. The van der Waals surface area contributed by atoms with Gasteiger partial charge in [0.15, 0.2) is 17.2 Å². The van der Waals surface area contributed by atoms with E-state index in [4.69, 9.17) is 4.74 Å². The molecule has 1 aromatic carbocycles. The van der Waals surface area contributed by atoms with Crippen molar-refractivity contribution in [3.8, 4) is 11.4 Å². The standard InChI is InChI=1S/C18H20FN5O3/c1-27-15-8-12(2-3-14(15)19)24-16-13(9-22-24)17(25)23(11-21-16)10-18(26)4-6-20-7-5-18/h2-3,8-9,11,20,26H,4-7,10H2,1H3. The molecule has 0 radical (unpaired) electrons. The number of piperidine rings is 1. The van der Waals surface area contributed by atoms with Crippen LogP contribution in [0.3, 0.4) is 0 Å². The predicted molar refractivity (Wildman–Crippen MR) is 96.7 cm³/mol. The van der Waals surface area contributed by atoms with Gasteiger partial charge in [0.05, 0.1) is 31.1 Å². The van der Waals surface area contributed by atoms with Gasteiger partial charge in [-0.25, -0.2) is 14.1 Å². The Hall–Kier alpha value is -2.78. The van der Waals surface area contributed by atoms with Crippen LogP contribution in [0, 0.1) is 5.82 Å². The molecule has 4 rings (SSSR count). The molecule has 0 aliphatic carbocycles. The molecule has 2 N–H and O–H groups in total. The van der Waals surface area contributed by atoms with Crippen LogP contribution in [-0.2, 0) is 6.54 Å². The van der Waals surface area contributed by atoms with Crippen molar-refractivity contribution in [2.24, 2.45) is 0 Å². The highest BCUT2D eigenvalue weighted by molar-refractivity contribution is 5.75. The van der Waals surface area contributed by atoms with Crippen LogP contribution in [0.5, 0.6) is 5.75 Å². The Morgan fingerprint density at radius 2 is 2.15 bits per heavy atom. The summed E-state index contributed by atoms with van der Waals surface area (Å²) in [6.07, 6.45) is 4.01. The van der Waals surface area contributed by atoms with Gasteiger partial charge in [-0.2, -0.15) is 5.10 Å². The summed E-state index contributed by atoms with van der Waals surface area (Å²) < 4.78 is 21.5. The fraction of sp³-hybridized carbons (Fsp3) is 0.389. The molecule has 142 valence electrons. The third kappa shape index (κ3) is 3.19. The van der Waals surface area contributed by atoms with E-state index in [1.54, 1.807) is 0 Å². The van der Waals surface area contributed by atoms with E-state index in [0.29, 0.717) is 42.7 Å². The first-order valence-corrected chi connectivity index (χ1v) is 8.71. The number of ether oxygens (including phenoxy) is 1. The summed E-state index contributed by atoms with van der Waals surface area (Å²) in [6, 6.07) is 4.30. The lowest BCUT2D eigenvalue weighted by Gasteiger charge is -2.32. The lowest BCUT2D eigenvalue weighted by atomic mass is 9.92. The number of aromatic nitrogens is 4. The first kappa shape index (κ1) is 17.6. The smallest absolute Gasteiger partial charge is 0.264 e. The minimum Gasteiger partial charge on any atom is -0.494 e. The molecule has 3 aromatic rings. The molecule has 1 aliphatic heterocycles. The van der Waals surface area contributed by atoms with Crippen molar-refractivity contribution < 1.29 is 14.2 Å². The lowest BCUT2D eigenvalue weighted by Crippen LogP contribution is -2.46. The predicted octanol–water partition coefficient (Wildman–Crippen LogP) is 0.844. The van der Waals surface area contributed by atoms with Gasteiger partial charge in [-0.1, -0.05) is 0 Å². The Kier molecular flexibility index (Phi) is 4.40. The molecule has 27 heavy (non-hydrogen) atoms.